The van der Waals surface area contributed by atoms with E-state index in [9.17, 15) is 4.79 Å². The maximum atomic E-state index is 12.1. The van der Waals surface area contributed by atoms with Crippen LogP contribution in [-0.4, -0.2) is 10.9 Å². The SMILES string of the molecule is Cc1ccc(-c2csc(NC(=O)C=Cc3ccc(Cl)c(Cl)c3)n2)cc1C. The first-order chi connectivity index (χ1) is 12.4. The van der Waals surface area contributed by atoms with Gasteiger partial charge >= 0.3 is 0 Å². The molecule has 0 unspecified atom stereocenters. The number of hydrogen-bond acceptors (Lipinski definition) is 3. The van der Waals surface area contributed by atoms with E-state index in [0.29, 0.717) is 15.2 Å². The third kappa shape index (κ3) is 4.52. The number of hydrogen-bond donors (Lipinski definition) is 1. The van der Waals surface area contributed by atoms with Crippen LogP contribution in [0.2, 0.25) is 10.0 Å². The van der Waals surface area contributed by atoms with Crippen molar-refractivity contribution in [3.8, 4) is 11.3 Å². The van der Waals surface area contributed by atoms with Gasteiger partial charge < -0.3 is 0 Å². The average molecular weight is 403 g/mol. The van der Waals surface area contributed by atoms with E-state index in [2.05, 4.69) is 36.3 Å². The lowest BCUT2D eigenvalue weighted by atomic mass is 10.1. The lowest BCUT2D eigenvalue weighted by Gasteiger charge is -2.02. The third-order valence-electron chi connectivity index (χ3n) is 3.91. The van der Waals surface area contributed by atoms with Gasteiger partial charge in [-0.05, 0) is 54.8 Å². The standard InChI is InChI=1S/C20H16Cl2N2OS/c1-12-3-6-15(9-13(12)2)18-11-26-20(23-18)24-19(25)8-5-14-4-7-16(21)17(22)10-14/h3-11H,1-2H3,(H,23,24,25). The Kier molecular flexibility index (Phi) is 5.77. The van der Waals surface area contributed by atoms with Crippen LogP contribution in [0, 0.1) is 13.8 Å². The Morgan fingerprint density at radius 2 is 1.88 bits per heavy atom. The maximum absolute atomic E-state index is 12.1. The first-order valence-corrected chi connectivity index (χ1v) is 9.53. The van der Waals surface area contributed by atoms with Gasteiger partial charge in [0.1, 0.15) is 0 Å². The molecule has 2 aromatic carbocycles. The van der Waals surface area contributed by atoms with Crippen molar-refractivity contribution in [2.45, 2.75) is 13.8 Å². The maximum Gasteiger partial charge on any atom is 0.250 e. The van der Waals surface area contributed by atoms with Gasteiger partial charge in [0.05, 0.1) is 15.7 Å². The Morgan fingerprint density at radius 1 is 1.08 bits per heavy atom. The van der Waals surface area contributed by atoms with Gasteiger partial charge in [0.2, 0.25) is 5.91 Å². The number of amides is 1. The zero-order chi connectivity index (χ0) is 18.7. The predicted octanol–water partition coefficient (Wildman–Crippen LogP) is 6.39. The zero-order valence-corrected chi connectivity index (χ0v) is 16.5. The van der Waals surface area contributed by atoms with Gasteiger partial charge in [0, 0.05) is 17.0 Å². The van der Waals surface area contributed by atoms with E-state index in [1.165, 1.54) is 28.5 Å². The fourth-order valence-electron chi connectivity index (χ4n) is 2.30. The normalized spacial score (nSPS) is 11.1. The number of nitrogens with one attached hydrogen (secondary N) is 1. The molecule has 3 rings (SSSR count). The molecule has 3 nitrogen and oxygen atoms in total. The molecular formula is C20H16Cl2N2OS. The second kappa shape index (κ2) is 8.04. The molecule has 1 N–H and O–H groups in total. The van der Waals surface area contributed by atoms with E-state index in [0.717, 1.165) is 16.8 Å². The molecule has 3 aromatic rings. The van der Waals surface area contributed by atoms with Crippen LogP contribution in [0.25, 0.3) is 17.3 Å². The summed E-state index contributed by atoms with van der Waals surface area (Å²) in [5.74, 6) is -0.253. The van der Waals surface area contributed by atoms with E-state index < -0.39 is 0 Å². The molecule has 0 fully saturated rings. The van der Waals surface area contributed by atoms with E-state index in [1.807, 2.05) is 11.4 Å². The van der Waals surface area contributed by atoms with Crippen molar-refractivity contribution in [2.24, 2.45) is 0 Å². The first kappa shape index (κ1) is 18.6. The smallest absolute Gasteiger partial charge is 0.250 e. The van der Waals surface area contributed by atoms with Crippen LogP contribution in [0.5, 0.6) is 0 Å². The minimum absolute atomic E-state index is 0.253. The summed E-state index contributed by atoms with van der Waals surface area (Å²) < 4.78 is 0. The Morgan fingerprint density at radius 3 is 2.62 bits per heavy atom. The molecular weight excluding hydrogens is 387 g/mol. The summed E-state index contributed by atoms with van der Waals surface area (Å²) in [5, 5.41) is 6.20. The molecule has 26 heavy (non-hydrogen) atoms. The van der Waals surface area contributed by atoms with Crippen LogP contribution in [0.3, 0.4) is 0 Å². The minimum Gasteiger partial charge on any atom is -0.298 e. The molecule has 0 atom stereocenters. The summed E-state index contributed by atoms with van der Waals surface area (Å²) in [6.45, 7) is 4.15. The van der Waals surface area contributed by atoms with Crippen LogP contribution in [0.1, 0.15) is 16.7 Å². The van der Waals surface area contributed by atoms with Crippen LogP contribution in [0.15, 0.2) is 47.9 Å². The van der Waals surface area contributed by atoms with Gasteiger partial charge in [0.15, 0.2) is 5.13 Å². The molecule has 0 radical (unpaired) electrons. The van der Waals surface area contributed by atoms with Gasteiger partial charge in [-0.3, -0.25) is 10.1 Å². The Bertz CT molecular complexity index is 995. The van der Waals surface area contributed by atoms with Crippen molar-refractivity contribution in [3.63, 3.8) is 0 Å². The number of carbonyl (C=O) groups is 1. The zero-order valence-electron chi connectivity index (χ0n) is 14.2. The monoisotopic (exact) mass is 402 g/mol. The van der Waals surface area contributed by atoms with Crippen LogP contribution in [0.4, 0.5) is 5.13 Å². The molecule has 1 amide bonds. The molecule has 132 valence electrons. The summed E-state index contributed by atoms with van der Waals surface area (Å²) in [4.78, 5) is 16.6. The fraction of sp³-hybridized carbons (Fsp3) is 0.100. The number of benzene rings is 2. The first-order valence-electron chi connectivity index (χ1n) is 7.89. The highest BCUT2D eigenvalue weighted by Gasteiger charge is 2.07. The lowest BCUT2D eigenvalue weighted by molar-refractivity contribution is -0.111. The van der Waals surface area contributed by atoms with Crippen LogP contribution < -0.4 is 5.32 Å². The minimum atomic E-state index is -0.253. The summed E-state index contributed by atoms with van der Waals surface area (Å²) in [5.41, 5.74) is 5.14. The van der Waals surface area contributed by atoms with Gasteiger partial charge in [-0.1, -0.05) is 41.4 Å². The highest BCUT2D eigenvalue weighted by atomic mass is 35.5. The molecule has 0 spiro atoms. The molecule has 1 aromatic heterocycles. The van der Waals surface area contributed by atoms with Gasteiger partial charge in [-0.2, -0.15) is 0 Å². The Balaban J connectivity index is 1.68. The molecule has 1 heterocycles. The van der Waals surface area contributed by atoms with Gasteiger partial charge in [-0.25, -0.2) is 4.98 Å². The predicted molar refractivity (Wildman–Crippen MR) is 111 cm³/mol. The quantitative estimate of drug-likeness (QED) is 0.513. The largest absolute Gasteiger partial charge is 0.298 e. The van der Waals surface area contributed by atoms with Crippen molar-refractivity contribution in [1.82, 2.24) is 4.98 Å². The molecule has 0 saturated carbocycles. The van der Waals surface area contributed by atoms with E-state index in [1.54, 1.807) is 24.3 Å². The van der Waals surface area contributed by atoms with E-state index in [-0.39, 0.29) is 5.91 Å². The van der Waals surface area contributed by atoms with Crippen molar-refractivity contribution in [2.75, 3.05) is 5.32 Å². The Labute approximate surface area is 166 Å². The average Bonchev–Trinajstić information content (AvgIpc) is 3.07. The molecule has 0 aliphatic carbocycles. The van der Waals surface area contributed by atoms with Crippen molar-refractivity contribution in [1.29, 1.82) is 0 Å². The summed E-state index contributed by atoms with van der Waals surface area (Å²) >= 11 is 13.2. The number of carbonyl (C=O) groups excluding carboxylic acids is 1. The number of anilines is 1. The highest BCUT2D eigenvalue weighted by Crippen LogP contribution is 2.26. The topological polar surface area (TPSA) is 42.0 Å². The summed E-state index contributed by atoms with van der Waals surface area (Å²) in [7, 11) is 0. The van der Waals surface area contributed by atoms with Crippen molar-refractivity contribution in [3.05, 3.63) is 74.6 Å². The number of nitrogens with zero attached hydrogens (tertiary/aromatic N) is 1. The van der Waals surface area contributed by atoms with E-state index in [4.69, 9.17) is 23.2 Å². The summed E-state index contributed by atoms with van der Waals surface area (Å²) in [6, 6.07) is 11.4. The van der Waals surface area contributed by atoms with Crippen molar-refractivity contribution >= 4 is 51.7 Å². The fourth-order valence-corrected chi connectivity index (χ4v) is 3.33. The molecule has 0 bridgehead atoms. The number of halogens is 2. The van der Waals surface area contributed by atoms with E-state index >= 15 is 0 Å². The molecule has 0 saturated heterocycles. The Hall–Kier alpha value is -2.14. The van der Waals surface area contributed by atoms with Gasteiger partial charge in [0.25, 0.3) is 0 Å². The second-order valence-corrected chi connectivity index (χ2v) is 7.51. The number of aryl methyl sites for hydroxylation is 2. The molecule has 0 aliphatic heterocycles. The molecule has 6 heteroatoms. The summed E-state index contributed by atoms with van der Waals surface area (Å²) in [6.07, 6.45) is 3.12. The van der Waals surface area contributed by atoms with Gasteiger partial charge in [-0.15, -0.1) is 11.3 Å². The number of aromatic nitrogens is 1. The number of rotatable bonds is 4. The van der Waals surface area contributed by atoms with Crippen LogP contribution in [-0.2, 0) is 4.79 Å². The lowest BCUT2D eigenvalue weighted by Crippen LogP contribution is -2.07. The second-order valence-electron chi connectivity index (χ2n) is 5.83. The third-order valence-corrected chi connectivity index (χ3v) is 5.40. The van der Waals surface area contributed by atoms with Crippen molar-refractivity contribution < 1.29 is 4.79 Å². The molecule has 0 aliphatic rings. The van der Waals surface area contributed by atoms with Crippen LogP contribution >= 0.6 is 34.5 Å². The highest BCUT2D eigenvalue weighted by molar-refractivity contribution is 7.14. The number of thiazole rings is 1.